The fourth-order valence-electron chi connectivity index (χ4n) is 0.856. The van der Waals surface area contributed by atoms with E-state index in [1.54, 1.807) is 18.2 Å². The first kappa shape index (κ1) is 7.66. The van der Waals surface area contributed by atoms with Crippen LogP contribution in [-0.4, -0.2) is 5.11 Å². The van der Waals surface area contributed by atoms with E-state index in [0.717, 1.165) is 11.3 Å². The molecule has 0 aromatic heterocycles. The summed E-state index contributed by atoms with van der Waals surface area (Å²) in [5, 5.41) is 9.02. The monoisotopic (exact) mass is 150 g/mol. The van der Waals surface area contributed by atoms with E-state index >= 15 is 0 Å². The van der Waals surface area contributed by atoms with Gasteiger partial charge in [-0.2, -0.15) is 0 Å². The van der Waals surface area contributed by atoms with E-state index in [-0.39, 0.29) is 5.75 Å². The van der Waals surface area contributed by atoms with Crippen LogP contribution in [-0.2, 0) is 0 Å². The number of hydrogen-bond acceptors (Lipinski definition) is 2. The molecular formula is C9H10O2. The first-order chi connectivity index (χ1) is 5.24. The first-order valence-electron chi connectivity index (χ1n) is 3.31. The van der Waals surface area contributed by atoms with Crippen LogP contribution in [0.3, 0.4) is 0 Å². The minimum absolute atomic E-state index is 0.249. The third-order valence-corrected chi connectivity index (χ3v) is 1.37. The smallest absolute Gasteiger partial charge is 0.129 e. The molecule has 1 aromatic rings. The number of benzene rings is 1. The number of hydrogen-bond donors (Lipinski definition) is 1. The van der Waals surface area contributed by atoms with Crippen molar-refractivity contribution >= 4 is 0 Å². The molecule has 0 aliphatic heterocycles. The zero-order valence-electron chi connectivity index (χ0n) is 6.37. The quantitative estimate of drug-likeness (QED) is 0.655. The van der Waals surface area contributed by atoms with E-state index in [1.165, 1.54) is 6.26 Å². The van der Waals surface area contributed by atoms with Crippen LogP contribution in [0.2, 0.25) is 0 Å². The standard InChI is InChI=1S/C9H10O2/c1-3-11-9-5-4-8(10)6-7(9)2/h3-6,10H,1H2,2H3. The van der Waals surface area contributed by atoms with Gasteiger partial charge in [0.2, 0.25) is 0 Å². The van der Waals surface area contributed by atoms with Crippen molar-refractivity contribution in [3.8, 4) is 11.5 Å². The number of aromatic hydroxyl groups is 1. The van der Waals surface area contributed by atoms with Gasteiger partial charge in [-0.3, -0.25) is 0 Å². The normalized spacial score (nSPS) is 9.18. The van der Waals surface area contributed by atoms with Crippen molar-refractivity contribution in [3.05, 3.63) is 36.6 Å². The van der Waals surface area contributed by atoms with Crippen molar-refractivity contribution in [2.24, 2.45) is 0 Å². The van der Waals surface area contributed by atoms with Gasteiger partial charge in [-0.1, -0.05) is 6.58 Å². The Labute approximate surface area is 65.7 Å². The van der Waals surface area contributed by atoms with Gasteiger partial charge in [0, 0.05) is 0 Å². The van der Waals surface area contributed by atoms with E-state index in [4.69, 9.17) is 9.84 Å². The minimum atomic E-state index is 0.249. The molecule has 1 rings (SSSR count). The molecule has 0 radical (unpaired) electrons. The highest BCUT2D eigenvalue weighted by atomic mass is 16.5. The lowest BCUT2D eigenvalue weighted by Gasteiger charge is -2.03. The van der Waals surface area contributed by atoms with E-state index in [2.05, 4.69) is 6.58 Å². The van der Waals surface area contributed by atoms with Crippen LogP contribution in [0.4, 0.5) is 0 Å². The largest absolute Gasteiger partial charge is 0.508 e. The van der Waals surface area contributed by atoms with Crippen molar-refractivity contribution in [1.82, 2.24) is 0 Å². The molecule has 0 amide bonds. The summed E-state index contributed by atoms with van der Waals surface area (Å²) in [6.07, 6.45) is 1.36. The average Bonchev–Trinajstić information content (AvgIpc) is 1.95. The molecular weight excluding hydrogens is 140 g/mol. The maximum absolute atomic E-state index is 9.02. The molecule has 0 atom stereocenters. The van der Waals surface area contributed by atoms with Crippen LogP contribution in [0.15, 0.2) is 31.0 Å². The Bertz CT molecular complexity index is 266. The number of ether oxygens (including phenoxy) is 1. The van der Waals surface area contributed by atoms with Crippen molar-refractivity contribution in [1.29, 1.82) is 0 Å². The van der Waals surface area contributed by atoms with Crippen LogP contribution < -0.4 is 4.74 Å². The van der Waals surface area contributed by atoms with Gasteiger partial charge in [0.1, 0.15) is 11.5 Å². The summed E-state index contributed by atoms with van der Waals surface area (Å²) in [5.41, 5.74) is 0.893. The molecule has 0 heterocycles. The molecule has 0 saturated carbocycles. The van der Waals surface area contributed by atoms with Crippen molar-refractivity contribution in [2.75, 3.05) is 0 Å². The fraction of sp³-hybridized carbons (Fsp3) is 0.111. The zero-order chi connectivity index (χ0) is 8.27. The lowest BCUT2D eigenvalue weighted by molar-refractivity contribution is 0.462. The van der Waals surface area contributed by atoms with Crippen molar-refractivity contribution in [3.63, 3.8) is 0 Å². The lowest BCUT2D eigenvalue weighted by atomic mass is 10.2. The van der Waals surface area contributed by atoms with Gasteiger partial charge in [-0.05, 0) is 30.7 Å². The molecule has 0 bridgehead atoms. The number of aryl methyl sites for hydroxylation is 1. The van der Waals surface area contributed by atoms with Crippen molar-refractivity contribution < 1.29 is 9.84 Å². The highest BCUT2D eigenvalue weighted by molar-refractivity contribution is 5.38. The molecule has 0 aliphatic rings. The summed E-state index contributed by atoms with van der Waals surface area (Å²) >= 11 is 0. The van der Waals surface area contributed by atoms with Crippen molar-refractivity contribution in [2.45, 2.75) is 6.92 Å². The Morgan fingerprint density at radius 3 is 2.82 bits per heavy atom. The van der Waals surface area contributed by atoms with E-state index < -0.39 is 0 Å². The highest BCUT2D eigenvalue weighted by Crippen LogP contribution is 2.22. The lowest BCUT2D eigenvalue weighted by Crippen LogP contribution is -1.83. The Balaban J connectivity index is 2.98. The van der Waals surface area contributed by atoms with E-state index in [0.29, 0.717) is 0 Å². The van der Waals surface area contributed by atoms with Crippen LogP contribution in [0.1, 0.15) is 5.56 Å². The highest BCUT2D eigenvalue weighted by Gasteiger charge is 1.97. The van der Waals surface area contributed by atoms with Crippen LogP contribution in [0.25, 0.3) is 0 Å². The fourth-order valence-corrected chi connectivity index (χ4v) is 0.856. The Morgan fingerprint density at radius 2 is 2.27 bits per heavy atom. The molecule has 2 nitrogen and oxygen atoms in total. The molecule has 11 heavy (non-hydrogen) atoms. The number of rotatable bonds is 2. The van der Waals surface area contributed by atoms with Gasteiger partial charge in [0.15, 0.2) is 0 Å². The minimum Gasteiger partial charge on any atom is -0.508 e. The third-order valence-electron chi connectivity index (χ3n) is 1.37. The van der Waals surface area contributed by atoms with Gasteiger partial charge in [-0.25, -0.2) is 0 Å². The molecule has 0 unspecified atom stereocenters. The molecule has 0 fully saturated rings. The summed E-state index contributed by atoms with van der Waals surface area (Å²) in [6.45, 7) is 5.29. The van der Waals surface area contributed by atoms with Gasteiger partial charge >= 0.3 is 0 Å². The van der Waals surface area contributed by atoms with Crippen LogP contribution >= 0.6 is 0 Å². The molecule has 58 valence electrons. The predicted molar refractivity (Wildman–Crippen MR) is 43.7 cm³/mol. The summed E-state index contributed by atoms with van der Waals surface area (Å²) in [7, 11) is 0. The van der Waals surface area contributed by atoms with Crippen LogP contribution in [0.5, 0.6) is 11.5 Å². The molecule has 1 N–H and O–H groups in total. The molecule has 2 heteroatoms. The average molecular weight is 150 g/mol. The second kappa shape index (κ2) is 3.10. The van der Waals surface area contributed by atoms with Gasteiger partial charge in [-0.15, -0.1) is 0 Å². The molecule has 0 spiro atoms. The van der Waals surface area contributed by atoms with Gasteiger partial charge < -0.3 is 9.84 Å². The van der Waals surface area contributed by atoms with Gasteiger partial charge in [0.25, 0.3) is 0 Å². The molecule has 1 aromatic carbocycles. The number of phenols is 1. The Hall–Kier alpha value is -1.44. The topological polar surface area (TPSA) is 29.5 Å². The van der Waals surface area contributed by atoms with Gasteiger partial charge in [0.05, 0.1) is 6.26 Å². The third kappa shape index (κ3) is 1.74. The Morgan fingerprint density at radius 1 is 1.55 bits per heavy atom. The maximum Gasteiger partial charge on any atom is 0.129 e. The maximum atomic E-state index is 9.02. The summed E-state index contributed by atoms with van der Waals surface area (Å²) in [4.78, 5) is 0. The second-order valence-electron chi connectivity index (χ2n) is 2.23. The van der Waals surface area contributed by atoms with E-state index in [1.807, 2.05) is 6.92 Å². The zero-order valence-corrected chi connectivity index (χ0v) is 6.37. The summed E-state index contributed by atoms with van der Waals surface area (Å²) in [5.74, 6) is 0.969. The second-order valence-corrected chi connectivity index (χ2v) is 2.23. The molecule has 0 aliphatic carbocycles. The Kier molecular flexibility index (Phi) is 2.16. The summed E-state index contributed by atoms with van der Waals surface area (Å²) in [6, 6.07) is 4.91. The van der Waals surface area contributed by atoms with Crippen LogP contribution in [0, 0.1) is 6.92 Å². The SMILES string of the molecule is C=COc1ccc(O)cc1C. The number of phenolic OH excluding ortho intramolecular Hbond substituents is 1. The summed E-state index contributed by atoms with van der Waals surface area (Å²) < 4.78 is 5.04. The predicted octanol–water partition coefficient (Wildman–Crippen LogP) is 2.22. The molecule has 0 saturated heterocycles. The van der Waals surface area contributed by atoms with E-state index in [9.17, 15) is 0 Å². The first-order valence-corrected chi connectivity index (χ1v) is 3.31.